The number of aromatic nitrogens is 3. The number of likely N-dealkylation sites (N-methyl/N-ethyl adjacent to an activating group) is 1. The fourth-order valence-electron chi connectivity index (χ4n) is 2.39. The minimum Gasteiger partial charge on any atom is -0.464 e. The third-order valence-corrected chi connectivity index (χ3v) is 3.56. The zero-order valence-electron chi connectivity index (χ0n) is 13.3. The SMILES string of the molecule is CCCNc1nc(OCC)nc(N(C)C2CCOC2C)n1. The van der Waals surface area contributed by atoms with Crippen LogP contribution in [0.25, 0.3) is 0 Å². The summed E-state index contributed by atoms with van der Waals surface area (Å²) in [5.41, 5.74) is 0. The van der Waals surface area contributed by atoms with E-state index in [0.717, 1.165) is 26.0 Å². The van der Waals surface area contributed by atoms with E-state index in [4.69, 9.17) is 9.47 Å². The van der Waals surface area contributed by atoms with E-state index in [9.17, 15) is 0 Å². The van der Waals surface area contributed by atoms with Gasteiger partial charge in [0.2, 0.25) is 11.9 Å². The second kappa shape index (κ2) is 7.40. The van der Waals surface area contributed by atoms with Crippen LogP contribution >= 0.6 is 0 Å². The summed E-state index contributed by atoms with van der Waals surface area (Å²) >= 11 is 0. The number of hydrogen-bond donors (Lipinski definition) is 1. The smallest absolute Gasteiger partial charge is 0.323 e. The van der Waals surface area contributed by atoms with Crippen molar-refractivity contribution in [3.05, 3.63) is 0 Å². The standard InChI is InChI=1S/C14H25N5O2/c1-5-8-15-12-16-13(18-14(17-12)20-6-2)19(4)11-7-9-21-10(11)3/h10-11H,5-9H2,1-4H3,(H,15,16,17,18). The van der Waals surface area contributed by atoms with Crippen molar-refractivity contribution < 1.29 is 9.47 Å². The van der Waals surface area contributed by atoms with Crippen molar-refractivity contribution in [1.29, 1.82) is 0 Å². The van der Waals surface area contributed by atoms with Gasteiger partial charge in [-0.15, -0.1) is 0 Å². The second-order valence-electron chi connectivity index (χ2n) is 5.14. The zero-order chi connectivity index (χ0) is 15.2. The van der Waals surface area contributed by atoms with Crippen molar-refractivity contribution in [3.63, 3.8) is 0 Å². The molecule has 0 bridgehead atoms. The number of ether oxygens (including phenoxy) is 2. The van der Waals surface area contributed by atoms with E-state index in [-0.39, 0.29) is 12.1 Å². The summed E-state index contributed by atoms with van der Waals surface area (Å²) in [4.78, 5) is 15.2. The lowest BCUT2D eigenvalue weighted by Crippen LogP contribution is -2.38. The first-order valence-corrected chi connectivity index (χ1v) is 7.62. The number of nitrogens with one attached hydrogen (secondary N) is 1. The van der Waals surface area contributed by atoms with Crippen LogP contribution in [0.2, 0.25) is 0 Å². The van der Waals surface area contributed by atoms with Crippen molar-refractivity contribution in [2.24, 2.45) is 0 Å². The molecule has 2 atom stereocenters. The zero-order valence-corrected chi connectivity index (χ0v) is 13.3. The monoisotopic (exact) mass is 295 g/mol. The number of nitrogens with zero attached hydrogens (tertiary/aromatic N) is 4. The summed E-state index contributed by atoms with van der Waals surface area (Å²) in [7, 11) is 1.99. The Labute approximate surface area is 126 Å². The molecule has 7 nitrogen and oxygen atoms in total. The third-order valence-electron chi connectivity index (χ3n) is 3.56. The largest absolute Gasteiger partial charge is 0.464 e. The summed E-state index contributed by atoms with van der Waals surface area (Å²) in [5.74, 6) is 1.18. The summed E-state index contributed by atoms with van der Waals surface area (Å²) in [5, 5.41) is 3.19. The third kappa shape index (κ3) is 3.93. The Balaban J connectivity index is 2.21. The second-order valence-corrected chi connectivity index (χ2v) is 5.14. The van der Waals surface area contributed by atoms with E-state index in [0.29, 0.717) is 24.5 Å². The van der Waals surface area contributed by atoms with Crippen molar-refractivity contribution >= 4 is 11.9 Å². The predicted octanol–water partition coefficient (Wildman–Crippen LogP) is 1.71. The van der Waals surface area contributed by atoms with Gasteiger partial charge < -0.3 is 19.7 Å². The van der Waals surface area contributed by atoms with Crippen LogP contribution in [0, 0.1) is 0 Å². The minimum atomic E-state index is 0.175. The quantitative estimate of drug-likeness (QED) is 0.821. The Kier molecular flexibility index (Phi) is 5.55. The Morgan fingerprint density at radius 3 is 2.76 bits per heavy atom. The molecule has 118 valence electrons. The molecule has 1 N–H and O–H groups in total. The average molecular weight is 295 g/mol. The molecule has 1 aliphatic heterocycles. The number of anilines is 2. The molecule has 21 heavy (non-hydrogen) atoms. The fourth-order valence-corrected chi connectivity index (χ4v) is 2.39. The van der Waals surface area contributed by atoms with Gasteiger partial charge in [0.25, 0.3) is 0 Å². The molecule has 2 rings (SSSR count). The normalized spacial score (nSPS) is 21.3. The van der Waals surface area contributed by atoms with Gasteiger partial charge in [0, 0.05) is 20.2 Å². The Hall–Kier alpha value is -1.63. The Bertz CT molecular complexity index is 457. The van der Waals surface area contributed by atoms with E-state index >= 15 is 0 Å². The fraction of sp³-hybridized carbons (Fsp3) is 0.786. The highest BCUT2D eigenvalue weighted by Gasteiger charge is 2.29. The van der Waals surface area contributed by atoms with Crippen molar-refractivity contribution in [3.8, 4) is 6.01 Å². The van der Waals surface area contributed by atoms with Gasteiger partial charge in [0.05, 0.1) is 18.8 Å². The summed E-state index contributed by atoms with van der Waals surface area (Å²) in [6, 6.07) is 0.639. The highest BCUT2D eigenvalue weighted by molar-refractivity contribution is 5.39. The lowest BCUT2D eigenvalue weighted by atomic mass is 10.1. The molecule has 1 aromatic rings. The van der Waals surface area contributed by atoms with Crippen molar-refractivity contribution in [2.75, 3.05) is 37.0 Å². The maximum atomic E-state index is 5.62. The summed E-state index contributed by atoms with van der Waals surface area (Å²) in [6.07, 6.45) is 2.16. The lowest BCUT2D eigenvalue weighted by molar-refractivity contribution is 0.118. The van der Waals surface area contributed by atoms with Gasteiger partial charge in [-0.05, 0) is 26.7 Å². The van der Waals surface area contributed by atoms with Crippen molar-refractivity contribution in [1.82, 2.24) is 15.0 Å². The van der Waals surface area contributed by atoms with Crippen LogP contribution < -0.4 is 15.0 Å². The van der Waals surface area contributed by atoms with E-state index in [1.165, 1.54) is 0 Å². The van der Waals surface area contributed by atoms with E-state index in [2.05, 4.69) is 39.0 Å². The Morgan fingerprint density at radius 2 is 2.14 bits per heavy atom. The maximum absolute atomic E-state index is 5.62. The van der Waals surface area contributed by atoms with Crippen LogP contribution in [0.1, 0.15) is 33.6 Å². The molecular weight excluding hydrogens is 270 g/mol. The molecule has 1 fully saturated rings. The van der Waals surface area contributed by atoms with Crippen LogP contribution in [0.5, 0.6) is 6.01 Å². The van der Waals surface area contributed by atoms with Crippen LogP contribution in [0.4, 0.5) is 11.9 Å². The van der Waals surface area contributed by atoms with Crippen LogP contribution in [-0.2, 0) is 4.74 Å². The van der Waals surface area contributed by atoms with Crippen LogP contribution in [0.3, 0.4) is 0 Å². The van der Waals surface area contributed by atoms with E-state index in [1.54, 1.807) is 0 Å². The van der Waals surface area contributed by atoms with E-state index < -0.39 is 0 Å². The molecule has 1 saturated heterocycles. The molecule has 2 unspecified atom stereocenters. The van der Waals surface area contributed by atoms with Crippen LogP contribution in [0.15, 0.2) is 0 Å². The molecule has 2 heterocycles. The van der Waals surface area contributed by atoms with Crippen molar-refractivity contribution in [2.45, 2.75) is 45.8 Å². The molecular formula is C14H25N5O2. The molecule has 0 saturated carbocycles. The molecule has 1 aliphatic rings. The Morgan fingerprint density at radius 1 is 1.33 bits per heavy atom. The summed E-state index contributed by atoms with van der Waals surface area (Å²) in [6.45, 7) is 8.22. The first kappa shape index (κ1) is 15.8. The van der Waals surface area contributed by atoms with Gasteiger partial charge in [0.1, 0.15) is 0 Å². The first-order valence-electron chi connectivity index (χ1n) is 7.62. The molecule has 7 heteroatoms. The minimum absolute atomic E-state index is 0.175. The van der Waals surface area contributed by atoms with Gasteiger partial charge in [-0.2, -0.15) is 15.0 Å². The van der Waals surface area contributed by atoms with Crippen LogP contribution in [-0.4, -0.2) is 53.9 Å². The molecule has 1 aromatic heterocycles. The van der Waals surface area contributed by atoms with Gasteiger partial charge in [-0.3, -0.25) is 0 Å². The highest BCUT2D eigenvalue weighted by Crippen LogP contribution is 2.23. The van der Waals surface area contributed by atoms with E-state index in [1.807, 2.05) is 14.0 Å². The molecule has 0 amide bonds. The molecule has 0 aromatic carbocycles. The topological polar surface area (TPSA) is 72.4 Å². The predicted molar refractivity (Wildman–Crippen MR) is 82.0 cm³/mol. The highest BCUT2D eigenvalue weighted by atomic mass is 16.5. The number of rotatable bonds is 7. The van der Waals surface area contributed by atoms with Gasteiger partial charge in [0.15, 0.2) is 0 Å². The van der Waals surface area contributed by atoms with Gasteiger partial charge in [-0.1, -0.05) is 6.92 Å². The molecule has 0 spiro atoms. The maximum Gasteiger partial charge on any atom is 0.323 e. The number of hydrogen-bond acceptors (Lipinski definition) is 7. The van der Waals surface area contributed by atoms with Gasteiger partial charge in [-0.25, -0.2) is 0 Å². The summed E-state index contributed by atoms with van der Waals surface area (Å²) < 4.78 is 11.1. The molecule has 0 radical (unpaired) electrons. The van der Waals surface area contributed by atoms with Gasteiger partial charge >= 0.3 is 6.01 Å². The molecule has 0 aliphatic carbocycles. The lowest BCUT2D eigenvalue weighted by Gasteiger charge is -2.27. The average Bonchev–Trinajstić information content (AvgIpc) is 2.90. The first-order chi connectivity index (χ1) is 10.2.